The monoisotopic (exact) mass is 333 g/mol. The number of hydrogen-bond donors (Lipinski definition) is 1. The molecule has 0 aliphatic carbocycles. The zero-order chi connectivity index (χ0) is 17.6. The first-order valence-electron chi connectivity index (χ1n) is 9.19. The normalized spacial score (nSPS) is 19.0. The molecule has 1 atom stereocenters. The van der Waals surface area contributed by atoms with Gasteiger partial charge in [0.25, 0.3) is 0 Å². The summed E-state index contributed by atoms with van der Waals surface area (Å²) in [5.41, 5.74) is 1.46. The maximum Gasteiger partial charge on any atom is 0.222 e. The van der Waals surface area contributed by atoms with E-state index in [4.69, 9.17) is 4.74 Å². The van der Waals surface area contributed by atoms with Gasteiger partial charge in [0, 0.05) is 19.4 Å². The van der Waals surface area contributed by atoms with Crippen LogP contribution in [0.2, 0.25) is 0 Å². The lowest BCUT2D eigenvalue weighted by atomic mass is 9.87. The number of amides is 1. The Morgan fingerprint density at radius 3 is 2.54 bits per heavy atom. The standard InChI is InChI=1S/C20H32N2O2/c1-20(2,3)17-8-10-18(11-9-17)24-16-5-7-19(23)22-13-6-12-21(4)14-15-22/h8-11H,5-7,12-16H2,1-4H3/p+1. The van der Waals surface area contributed by atoms with Crippen molar-refractivity contribution >= 4 is 5.91 Å². The molecule has 134 valence electrons. The van der Waals surface area contributed by atoms with Gasteiger partial charge in [-0.15, -0.1) is 0 Å². The van der Waals surface area contributed by atoms with Crippen LogP contribution in [0.4, 0.5) is 0 Å². The van der Waals surface area contributed by atoms with Gasteiger partial charge in [-0.2, -0.15) is 0 Å². The summed E-state index contributed by atoms with van der Waals surface area (Å²) in [6.45, 7) is 11.2. The highest BCUT2D eigenvalue weighted by Crippen LogP contribution is 2.24. The summed E-state index contributed by atoms with van der Waals surface area (Å²) in [5.74, 6) is 1.16. The minimum atomic E-state index is 0.161. The Hall–Kier alpha value is -1.55. The Labute approximate surface area is 146 Å². The van der Waals surface area contributed by atoms with E-state index in [9.17, 15) is 4.79 Å². The van der Waals surface area contributed by atoms with Crippen LogP contribution in [0.15, 0.2) is 24.3 Å². The van der Waals surface area contributed by atoms with Gasteiger partial charge >= 0.3 is 0 Å². The molecule has 1 heterocycles. The van der Waals surface area contributed by atoms with Crippen molar-refractivity contribution in [2.75, 3.05) is 39.8 Å². The molecule has 1 unspecified atom stereocenters. The van der Waals surface area contributed by atoms with Crippen LogP contribution in [-0.4, -0.2) is 50.6 Å². The van der Waals surface area contributed by atoms with E-state index in [2.05, 4.69) is 40.0 Å². The van der Waals surface area contributed by atoms with Gasteiger partial charge in [0.1, 0.15) is 5.75 Å². The molecule has 0 aromatic heterocycles. The zero-order valence-corrected chi connectivity index (χ0v) is 15.7. The SMILES string of the molecule is C[NH+]1CCCN(C(=O)CCCOc2ccc(C(C)(C)C)cc2)CC1. The van der Waals surface area contributed by atoms with Gasteiger partial charge in [-0.05, 0) is 29.5 Å². The molecule has 2 rings (SSSR count). The third-order valence-corrected chi connectivity index (χ3v) is 4.72. The molecular weight excluding hydrogens is 300 g/mol. The second kappa shape index (κ2) is 8.52. The molecule has 0 spiro atoms. The van der Waals surface area contributed by atoms with Gasteiger partial charge < -0.3 is 14.5 Å². The molecule has 1 aromatic rings. The van der Waals surface area contributed by atoms with Crippen LogP contribution in [-0.2, 0) is 10.2 Å². The third kappa shape index (κ3) is 5.82. The van der Waals surface area contributed by atoms with E-state index in [1.54, 1.807) is 0 Å². The summed E-state index contributed by atoms with van der Waals surface area (Å²) in [6, 6.07) is 8.29. The zero-order valence-electron chi connectivity index (χ0n) is 15.7. The van der Waals surface area contributed by atoms with Crippen LogP contribution in [0.3, 0.4) is 0 Å². The maximum absolute atomic E-state index is 12.3. The fourth-order valence-corrected chi connectivity index (χ4v) is 3.01. The first-order valence-corrected chi connectivity index (χ1v) is 9.19. The molecule has 1 fully saturated rings. The van der Waals surface area contributed by atoms with Gasteiger partial charge in [0.2, 0.25) is 5.91 Å². The summed E-state index contributed by atoms with van der Waals surface area (Å²) in [6.07, 6.45) is 2.46. The molecule has 0 radical (unpaired) electrons. The Bertz CT molecular complexity index is 519. The fraction of sp³-hybridized carbons (Fsp3) is 0.650. The molecule has 1 aliphatic heterocycles. The summed E-state index contributed by atoms with van der Waals surface area (Å²) < 4.78 is 5.78. The number of carbonyl (C=O) groups is 1. The largest absolute Gasteiger partial charge is 0.494 e. The highest BCUT2D eigenvalue weighted by molar-refractivity contribution is 5.76. The van der Waals surface area contributed by atoms with Crippen molar-refractivity contribution in [3.05, 3.63) is 29.8 Å². The number of rotatable bonds is 5. The average Bonchev–Trinajstić information content (AvgIpc) is 2.76. The Morgan fingerprint density at radius 1 is 1.17 bits per heavy atom. The lowest BCUT2D eigenvalue weighted by molar-refractivity contribution is -0.877. The van der Waals surface area contributed by atoms with Crippen molar-refractivity contribution in [3.8, 4) is 5.75 Å². The number of quaternary nitrogens is 1. The van der Waals surface area contributed by atoms with E-state index in [0.717, 1.165) is 44.8 Å². The van der Waals surface area contributed by atoms with Gasteiger partial charge in [0.15, 0.2) is 0 Å². The highest BCUT2D eigenvalue weighted by Gasteiger charge is 2.18. The summed E-state index contributed by atoms with van der Waals surface area (Å²) in [4.78, 5) is 15.8. The van der Waals surface area contributed by atoms with Crippen LogP contribution < -0.4 is 9.64 Å². The van der Waals surface area contributed by atoms with Crippen LogP contribution in [0.1, 0.15) is 45.6 Å². The minimum absolute atomic E-state index is 0.161. The van der Waals surface area contributed by atoms with E-state index < -0.39 is 0 Å². The number of ether oxygens (including phenoxy) is 1. The van der Waals surface area contributed by atoms with Crippen molar-refractivity contribution in [3.63, 3.8) is 0 Å². The van der Waals surface area contributed by atoms with Crippen molar-refractivity contribution in [2.45, 2.75) is 45.4 Å². The number of hydrogen-bond acceptors (Lipinski definition) is 2. The van der Waals surface area contributed by atoms with Gasteiger partial charge in [-0.25, -0.2) is 0 Å². The molecule has 4 nitrogen and oxygen atoms in total. The molecule has 1 aliphatic rings. The second-order valence-corrected chi connectivity index (χ2v) is 7.92. The molecular formula is C20H33N2O2+. The quantitative estimate of drug-likeness (QED) is 0.835. The molecule has 1 aromatic carbocycles. The van der Waals surface area contributed by atoms with E-state index in [1.807, 2.05) is 17.0 Å². The molecule has 24 heavy (non-hydrogen) atoms. The number of likely N-dealkylation sites (N-methyl/N-ethyl adjacent to an activating group) is 1. The van der Waals surface area contributed by atoms with Crippen molar-refractivity contribution in [2.24, 2.45) is 0 Å². The first kappa shape index (κ1) is 18.8. The molecule has 0 saturated carbocycles. The van der Waals surface area contributed by atoms with E-state index in [1.165, 1.54) is 10.5 Å². The molecule has 1 N–H and O–H groups in total. The van der Waals surface area contributed by atoms with Crippen molar-refractivity contribution in [1.29, 1.82) is 0 Å². The lowest BCUT2D eigenvalue weighted by Crippen LogP contribution is -3.09. The summed E-state index contributed by atoms with van der Waals surface area (Å²) in [5, 5.41) is 0. The Morgan fingerprint density at radius 2 is 1.88 bits per heavy atom. The average molecular weight is 333 g/mol. The lowest BCUT2D eigenvalue weighted by Gasteiger charge is -2.20. The smallest absolute Gasteiger partial charge is 0.222 e. The summed E-state index contributed by atoms with van der Waals surface area (Å²) >= 11 is 0. The van der Waals surface area contributed by atoms with Gasteiger partial charge in [-0.3, -0.25) is 4.79 Å². The second-order valence-electron chi connectivity index (χ2n) is 7.92. The fourth-order valence-electron chi connectivity index (χ4n) is 3.01. The van der Waals surface area contributed by atoms with E-state index in [0.29, 0.717) is 13.0 Å². The predicted octanol–water partition coefficient (Wildman–Crippen LogP) is 1.89. The van der Waals surface area contributed by atoms with E-state index in [-0.39, 0.29) is 11.3 Å². The van der Waals surface area contributed by atoms with E-state index >= 15 is 0 Å². The van der Waals surface area contributed by atoms with Gasteiger partial charge in [-0.1, -0.05) is 32.9 Å². The van der Waals surface area contributed by atoms with Crippen LogP contribution >= 0.6 is 0 Å². The van der Waals surface area contributed by atoms with Crippen molar-refractivity contribution < 1.29 is 14.4 Å². The third-order valence-electron chi connectivity index (χ3n) is 4.72. The number of carbonyl (C=O) groups excluding carboxylic acids is 1. The molecule has 1 saturated heterocycles. The summed E-state index contributed by atoms with van der Waals surface area (Å²) in [7, 11) is 2.20. The number of nitrogens with one attached hydrogen (secondary N) is 1. The Kier molecular flexibility index (Phi) is 6.67. The predicted molar refractivity (Wildman–Crippen MR) is 97.7 cm³/mol. The topological polar surface area (TPSA) is 34.0 Å². The maximum atomic E-state index is 12.3. The number of nitrogens with zero attached hydrogens (tertiary/aromatic N) is 1. The van der Waals surface area contributed by atoms with Gasteiger partial charge in [0.05, 0.1) is 33.3 Å². The van der Waals surface area contributed by atoms with Crippen LogP contribution in [0.25, 0.3) is 0 Å². The van der Waals surface area contributed by atoms with Crippen LogP contribution in [0.5, 0.6) is 5.75 Å². The molecule has 0 bridgehead atoms. The van der Waals surface area contributed by atoms with Crippen LogP contribution in [0, 0.1) is 0 Å². The van der Waals surface area contributed by atoms with Crippen molar-refractivity contribution in [1.82, 2.24) is 4.90 Å². The number of benzene rings is 1. The minimum Gasteiger partial charge on any atom is -0.494 e. The molecule has 4 heteroatoms. The molecule has 1 amide bonds. The Balaban J connectivity index is 1.69. The highest BCUT2D eigenvalue weighted by atomic mass is 16.5. The first-order chi connectivity index (χ1) is 11.4.